The average molecular weight is 318 g/mol. The number of hydrogen-bond donors (Lipinski definition) is 0. The minimum Gasteiger partial charge on any atom is -0.378 e. The number of rotatable bonds is 4. The van der Waals surface area contributed by atoms with Crippen LogP contribution in [0.5, 0.6) is 0 Å². The third kappa shape index (κ3) is 3.89. The summed E-state index contributed by atoms with van der Waals surface area (Å²) < 4.78 is 5.35. The Kier molecular flexibility index (Phi) is 5.05. The first-order chi connectivity index (χ1) is 11.8. The Labute approximate surface area is 141 Å². The van der Waals surface area contributed by atoms with Crippen molar-refractivity contribution in [2.75, 3.05) is 31.2 Å². The molecule has 1 heterocycles. The quantitative estimate of drug-likeness (QED) is 0.641. The van der Waals surface area contributed by atoms with Gasteiger partial charge in [0.15, 0.2) is 5.78 Å². The van der Waals surface area contributed by atoms with Crippen molar-refractivity contribution >= 4 is 17.5 Å². The van der Waals surface area contributed by atoms with Crippen LogP contribution in [-0.2, 0) is 4.74 Å². The van der Waals surface area contributed by atoms with Gasteiger partial charge in [-0.05, 0) is 48.0 Å². The lowest BCUT2D eigenvalue weighted by molar-refractivity contribution is 0.104. The van der Waals surface area contributed by atoms with Gasteiger partial charge in [0, 0.05) is 24.3 Å². The molecule has 1 aliphatic rings. The van der Waals surface area contributed by atoms with E-state index in [0.717, 1.165) is 37.6 Å². The third-order valence-corrected chi connectivity index (χ3v) is 3.99. The number of nitrogens with zero attached hydrogens (tertiary/aromatic N) is 2. The lowest BCUT2D eigenvalue weighted by atomic mass is 10.1. The van der Waals surface area contributed by atoms with Crippen molar-refractivity contribution < 1.29 is 9.53 Å². The smallest absolute Gasteiger partial charge is 0.185 e. The fourth-order valence-corrected chi connectivity index (χ4v) is 2.59. The summed E-state index contributed by atoms with van der Waals surface area (Å²) in [7, 11) is 0. The predicted octanol–water partition coefficient (Wildman–Crippen LogP) is 3.29. The number of carbonyl (C=O) groups is 1. The molecule has 120 valence electrons. The van der Waals surface area contributed by atoms with Crippen LogP contribution in [0.1, 0.15) is 21.5 Å². The summed E-state index contributed by atoms with van der Waals surface area (Å²) >= 11 is 0. The average Bonchev–Trinajstić information content (AvgIpc) is 2.67. The normalized spacial score (nSPS) is 14.5. The second kappa shape index (κ2) is 7.58. The minimum absolute atomic E-state index is 0.0344. The van der Waals surface area contributed by atoms with Crippen LogP contribution >= 0.6 is 0 Å². The van der Waals surface area contributed by atoms with Crippen molar-refractivity contribution in [3.8, 4) is 6.07 Å². The molecule has 0 bridgehead atoms. The molecule has 1 saturated heterocycles. The van der Waals surface area contributed by atoms with E-state index in [0.29, 0.717) is 11.1 Å². The van der Waals surface area contributed by atoms with Crippen LogP contribution < -0.4 is 4.90 Å². The van der Waals surface area contributed by atoms with E-state index in [1.807, 2.05) is 36.4 Å². The van der Waals surface area contributed by atoms with Crippen LogP contribution in [0, 0.1) is 11.3 Å². The summed E-state index contributed by atoms with van der Waals surface area (Å²) in [6, 6.07) is 16.9. The highest BCUT2D eigenvalue weighted by Gasteiger charge is 2.11. The number of anilines is 1. The van der Waals surface area contributed by atoms with Crippen molar-refractivity contribution in [3.63, 3.8) is 0 Å². The van der Waals surface area contributed by atoms with Crippen molar-refractivity contribution in [1.82, 2.24) is 0 Å². The van der Waals surface area contributed by atoms with E-state index in [2.05, 4.69) is 11.0 Å². The first-order valence-electron chi connectivity index (χ1n) is 7.91. The Bertz CT molecular complexity index is 765. The minimum atomic E-state index is -0.0344. The van der Waals surface area contributed by atoms with Gasteiger partial charge in [-0.2, -0.15) is 5.26 Å². The molecule has 0 unspecified atom stereocenters. The van der Waals surface area contributed by atoms with Gasteiger partial charge in [0.1, 0.15) is 0 Å². The topological polar surface area (TPSA) is 53.3 Å². The SMILES string of the molecule is N#Cc1ccc(C=CC(=O)c2ccc(N3CCOCC3)cc2)cc1. The summed E-state index contributed by atoms with van der Waals surface area (Å²) in [5.74, 6) is -0.0344. The summed E-state index contributed by atoms with van der Waals surface area (Å²) in [6.07, 6.45) is 3.32. The standard InChI is InChI=1S/C20H18N2O2/c21-15-17-3-1-16(2-4-17)5-10-20(23)18-6-8-19(9-7-18)22-11-13-24-14-12-22/h1-10H,11-14H2. The molecule has 4 heteroatoms. The van der Waals surface area contributed by atoms with Gasteiger partial charge in [0.2, 0.25) is 0 Å². The number of morpholine rings is 1. The van der Waals surface area contributed by atoms with Crippen LogP contribution in [0.25, 0.3) is 6.08 Å². The Morgan fingerprint density at radius 2 is 1.71 bits per heavy atom. The van der Waals surface area contributed by atoms with Crippen LogP contribution in [0.15, 0.2) is 54.6 Å². The van der Waals surface area contributed by atoms with Gasteiger partial charge < -0.3 is 9.64 Å². The van der Waals surface area contributed by atoms with Gasteiger partial charge in [-0.25, -0.2) is 0 Å². The molecule has 0 N–H and O–H groups in total. The molecule has 0 atom stereocenters. The largest absolute Gasteiger partial charge is 0.378 e. The van der Waals surface area contributed by atoms with Crippen molar-refractivity contribution in [2.45, 2.75) is 0 Å². The van der Waals surface area contributed by atoms with Crippen LogP contribution in [0.2, 0.25) is 0 Å². The van der Waals surface area contributed by atoms with Gasteiger partial charge in [0.05, 0.1) is 24.8 Å². The monoisotopic (exact) mass is 318 g/mol. The van der Waals surface area contributed by atoms with E-state index in [-0.39, 0.29) is 5.78 Å². The van der Waals surface area contributed by atoms with E-state index in [9.17, 15) is 4.79 Å². The number of ether oxygens (including phenoxy) is 1. The van der Waals surface area contributed by atoms with E-state index in [1.54, 1.807) is 24.3 Å². The molecule has 0 aromatic heterocycles. The second-order valence-electron chi connectivity index (χ2n) is 5.58. The third-order valence-electron chi connectivity index (χ3n) is 3.99. The maximum atomic E-state index is 12.3. The highest BCUT2D eigenvalue weighted by molar-refractivity contribution is 6.06. The van der Waals surface area contributed by atoms with Gasteiger partial charge >= 0.3 is 0 Å². The number of hydrogen-bond acceptors (Lipinski definition) is 4. The number of carbonyl (C=O) groups excluding carboxylic acids is 1. The van der Waals surface area contributed by atoms with Gasteiger partial charge in [-0.3, -0.25) is 4.79 Å². The van der Waals surface area contributed by atoms with Gasteiger partial charge in [0.25, 0.3) is 0 Å². The highest BCUT2D eigenvalue weighted by Crippen LogP contribution is 2.17. The second-order valence-corrected chi connectivity index (χ2v) is 5.58. The summed E-state index contributed by atoms with van der Waals surface area (Å²) in [6.45, 7) is 3.25. The van der Waals surface area contributed by atoms with Crippen molar-refractivity contribution in [1.29, 1.82) is 5.26 Å². The molecule has 24 heavy (non-hydrogen) atoms. The molecule has 2 aromatic carbocycles. The molecule has 0 saturated carbocycles. The zero-order chi connectivity index (χ0) is 16.8. The first kappa shape index (κ1) is 16.0. The van der Waals surface area contributed by atoms with Crippen molar-refractivity contribution in [2.24, 2.45) is 0 Å². The molecule has 0 spiro atoms. The first-order valence-corrected chi connectivity index (χ1v) is 7.91. The predicted molar refractivity (Wildman–Crippen MR) is 94.0 cm³/mol. The van der Waals surface area contributed by atoms with Crippen LogP contribution in [0.3, 0.4) is 0 Å². The summed E-state index contributed by atoms with van der Waals surface area (Å²) in [4.78, 5) is 14.5. The van der Waals surface area contributed by atoms with Crippen molar-refractivity contribution in [3.05, 3.63) is 71.3 Å². The molecule has 4 nitrogen and oxygen atoms in total. The zero-order valence-electron chi connectivity index (χ0n) is 13.3. The lowest BCUT2D eigenvalue weighted by Crippen LogP contribution is -2.36. The zero-order valence-corrected chi connectivity index (χ0v) is 13.3. The van der Waals surface area contributed by atoms with Gasteiger partial charge in [-0.15, -0.1) is 0 Å². The van der Waals surface area contributed by atoms with E-state index in [4.69, 9.17) is 10.00 Å². The Hall–Kier alpha value is -2.90. The maximum absolute atomic E-state index is 12.3. The lowest BCUT2D eigenvalue weighted by Gasteiger charge is -2.28. The molecule has 3 rings (SSSR count). The van der Waals surface area contributed by atoms with Crippen LogP contribution in [0.4, 0.5) is 5.69 Å². The van der Waals surface area contributed by atoms with Gasteiger partial charge in [-0.1, -0.05) is 18.2 Å². The molecule has 1 aliphatic heterocycles. The van der Waals surface area contributed by atoms with E-state index >= 15 is 0 Å². The summed E-state index contributed by atoms with van der Waals surface area (Å²) in [5.41, 5.74) is 3.28. The number of allylic oxidation sites excluding steroid dienone is 1. The summed E-state index contributed by atoms with van der Waals surface area (Å²) in [5, 5.41) is 8.78. The fraction of sp³-hybridized carbons (Fsp3) is 0.200. The van der Waals surface area contributed by atoms with Crippen LogP contribution in [-0.4, -0.2) is 32.1 Å². The molecule has 1 fully saturated rings. The fourth-order valence-electron chi connectivity index (χ4n) is 2.59. The highest BCUT2D eigenvalue weighted by atomic mass is 16.5. The Morgan fingerprint density at radius 1 is 1.04 bits per heavy atom. The van der Waals surface area contributed by atoms with E-state index in [1.165, 1.54) is 0 Å². The molecule has 2 aromatic rings. The molecular weight excluding hydrogens is 300 g/mol. The Morgan fingerprint density at radius 3 is 2.33 bits per heavy atom. The number of benzene rings is 2. The Balaban J connectivity index is 1.65. The number of ketones is 1. The maximum Gasteiger partial charge on any atom is 0.185 e. The molecular formula is C20H18N2O2. The molecule has 0 radical (unpaired) electrons. The van der Waals surface area contributed by atoms with E-state index < -0.39 is 0 Å². The number of nitriles is 1. The molecule has 0 aliphatic carbocycles. The molecule has 0 amide bonds.